The number of aromatic nitrogens is 1. The van der Waals surface area contributed by atoms with Crippen molar-refractivity contribution in [3.05, 3.63) is 61.8 Å². The van der Waals surface area contributed by atoms with Gasteiger partial charge in [0.1, 0.15) is 11.9 Å². The molecule has 7 nitrogen and oxygen atoms in total. The largest absolute Gasteiger partial charge is 0.381 e. The Morgan fingerprint density at radius 3 is 2.88 bits per heavy atom. The summed E-state index contributed by atoms with van der Waals surface area (Å²) in [4.78, 5) is 30.0. The zero-order valence-electron chi connectivity index (χ0n) is 18.0. The van der Waals surface area contributed by atoms with Crippen LogP contribution in [-0.4, -0.2) is 41.1 Å². The van der Waals surface area contributed by atoms with E-state index >= 15 is 0 Å². The van der Waals surface area contributed by atoms with Gasteiger partial charge in [-0.3, -0.25) is 9.79 Å². The number of nitrogens with two attached hydrogens (primary N) is 1. The maximum atomic E-state index is 14.7. The number of aliphatic imine (C=N–C) groups is 1. The molecule has 0 saturated heterocycles. The number of halogens is 1. The van der Waals surface area contributed by atoms with Crippen LogP contribution in [0.3, 0.4) is 0 Å². The van der Waals surface area contributed by atoms with Gasteiger partial charge in [0.15, 0.2) is 6.29 Å². The molecule has 2 unspecified atom stereocenters. The van der Waals surface area contributed by atoms with Gasteiger partial charge in [-0.15, -0.1) is 11.8 Å². The Morgan fingerprint density at radius 1 is 1.44 bits per heavy atom. The molecule has 1 aromatic carbocycles. The van der Waals surface area contributed by atoms with E-state index in [-0.39, 0.29) is 41.7 Å². The molecule has 0 aliphatic carbocycles. The van der Waals surface area contributed by atoms with Gasteiger partial charge in [-0.1, -0.05) is 0 Å². The predicted molar refractivity (Wildman–Crippen MR) is 122 cm³/mol. The molecule has 0 saturated carbocycles. The van der Waals surface area contributed by atoms with Gasteiger partial charge in [0.05, 0.1) is 24.2 Å². The van der Waals surface area contributed by atoms with E-state index in [0.717, 1.165) is 21.6 Å². The summed E-state index contributed by atoms with van der Waals surface area (Å²) in [6.07, 6.45) is 0.349. The average molecular weight is 458 g/mol. The summed E-state index contributed by atoms with van der Waals surface area (Å²) in [5.74, 6) is 0.230. The van der Waals surface area contributed by atoms with Crippen LogP contribution in [0.1, 0.15) is 41.0 Å². The van der Waals surface area contributed by atoms with Crippen molar-refractivity contribution in [1.82, 2.24) is 4.57 Å². The molecular weight excluding hydrogens is 433 g/mol. The Balaban J connectivity index is 2.05. The Kier molecular flexibility index (Phi) is 6.17. The number of nitrogens with zero attached hydrogens (tertiary/aromatic N) is 2. The molecule has 1 aromatic heterocycles. The van der Waals surface area contributed by atoms with E-state index < -0.39 is 6.10 Å². The van der Waals surface area contributed by atoms with Crippen LogP contribution in [0.25, 0.3) is 5.57 Å². The molecule has 3 N–H and O–H groups in total. The second kappa shape index (κ2) is 8.74. The minimum Gasteiger partial charge on any atom is -0.381 e. The Bertz CT molecular complexity index is 1230. The number of pyridine rings is 1. The van der Waals surface area contributed by atoms with Gasteiger partial charge in [-0.25, -0.2) is 4.39 Å². The summed E-state index contributed by atoms with van der Waals surface area (Å²) < 4.78 is 21.3. The van der Waals surface area contributed by atoms with Crippen LogP contribution < -0.4 is 11.3 Å². The fourth-order valence-corrected chi connectivity index (χ4v) is 5.50. The fraction of sp³-hybridized carbons (Fsp3) is 0.348. The average Bonchev–Trinajstić information content (AvgIpc) is 2.83. The Hall–Kier alpha value is -2.59. The molecule has 2 aromatic rings. The molecule has 0 spiro atoms. The monoisotopic (exact) mass is 457 g/mol. The molecule has 2 atom stereocenters. The summed E-state index contributed by atoms with van der Waals surface area (Å²) >= 11 is 1.51. The summed E-state index contributed by atoms with van der Waals surface area (Å²) in [5, 5.41) is 10.2. The topological polar surface area (TPSA) is 107 Å². The highest BCUT2D eigenvalue weighted by Crippen LogP contribution is 2.46. The number of hydrogen-bond donors (Lipinski definition) is 2. The first-order valence-corrected chi connectivity index (χ1v) is 11.1. The zero-order chi connectivity index (χ0) is 23.2. The highest BCUT2D eigenvalue weighted by Gasteiger charge is 2.30. The molecule has 0 fully saturated rings. The van der Waals surface area contributed by atoms with Crippen molar-refractivity contribution in [1.29, 1.82) is 0 Å². The number of allylic oxidation sites excluding steroid dienone is 1. The molecule has 0 amide bonds. The summed E-state index contributed by atoms with van der Waals surface area (Å²) in [6.45, 7) is 3.82. The zero-order valence-corrected chi connectivity index (χ0v) is 18.8. The second-order valence-electron chi connectivity index (χ2n) is 7.98. The summed E-state index contributed by atoms with van der Waals surface area (Å²) in [5.41, 5.74) is 10.3. The molecule has 2 aliphatic rings. The lowest BCUT2D eigenvalue weighted by molar-refractivity contribution is -0.115. The van der Waals surface area contributed by atoms with E-state index in [2.05, 4.69) is 4.99 Å². The quantitative estimate of drug-likeness (QED) is 0.684. The molecule has 0 bridgehead atoms. The third kappa shape index (κ3) is 3.65. The number of aliphatic hydroxyl groups is 1. The number of fused-ring (bicyclic) bond motifs is 1. The highest BCUT2D eigenvalue weighted by atomic mass is 32.2. The van der Waals surface area contributed by atoms with Crippen molar-refractivity contribution in [3.8, 4) is 0 Å². The number of hydrogen-bond acceptors (Lipinski definition) is 7. The van der Waals surface area contributed by atoms with Crippen molar-refractivity contribution >= 4 is 35.5 Å². The first kappa shape index (κ1) is 22.6. The maximum Gasteiger partial charge on any atom is 0.257 e. The third-order valence-electron chi connectivity index (χ3n) is 5.89. The minimum absolute atomic E-state index is 0.0585. The first-order chi connectivity index (χ1) is 15.3. The van der Waals surface area contributed by atoms with Crippen molar-refractivity contribution in [2.45, 2.75) is 44.0 Å². The molecule has 9 heteroatoms. The van der Waals surface area contributed by atoms with Gasteiger partial charge in [-0.05, 0) is 36.6 Å². The van der Waals surface area contributed by atoms with Gasteiger partial charge >= 0.3 is 0 Å². The number of aliphatic hydroxyl groups excluding tert-OH is 1. The normalized spacial score (nSPS) is 21.6. The highest BCUT2D eigenvalue weighted by molar-refractivity contribution is 7.99. The van der Waals surface area contributed by atoms with Crippen molar-refractivity contribution in [2.24, 2.45) is 10.7 Å². The van der Waals surface area contributed by atoms with Gasteiger partial charge in [-0.2, -0.15) is 0 Å². The first-order valence-electron chi connectivity index (χ1n) is 10.1. The van der Waals surface area contributed by atoms with E-state index in [1.165, 1.54) is 35.7 Å². The lowest BCUT2D eigenvalue weighted by Gasteiger charge is -2.29. The van der Waals surface area contributed by atoms with Crippen LogP contribution in [-0.2, 0) is 22.7 Å². The van der Waals surface area contributed by atoms with E-state index in [9.17, 15) is 19.1 Å². The standard InChI is InChI=1S/C23H24FN3O4S/c1-11-7-27-13(4-14(19(29)8-28)15(9-31-3)23(27)30)6-26-18-5-16(24)12(2)22-21(18)20(11)17(25)10-32-22/h4-6,8,17,19,29H,7,9-10,25H2,1-3H3/b20-11+,26-6+. The number of thioether (sulfide) groups is 1. The van der Waals surface area contributed by atoms with Crippen LogP contribution >= 0.6 is 11.8 Å². The minimum atomic E-state index is -1.47. The lowest BCUT2D eigenvalue weighted by Crippen LogP contribution is -2.32. The van der Waals surface area contributed by atoms with Crippen LogP contribution in [0.2, 0.25) is 0 Å². The van der Waals surface area contributed by atoms with Crippen LogP contribution in [0.15, 0.2) is 32.4 Å². The summed E-state index contributed by atoms with van der Waals surface area (Å²) in [6, 6.07) is 2.64. The predicted octanol–water partition coefficient (Wildman–Crippen LogP) is 2.65. The van der Waals surface area contributed by atoms with Crippen molar-refractivity contribution < 1.29 is 19.0 Å². The number of methoxy groups -OCH3 is 1. The Morgan fingerprint density at radius 2 is 2.19 bits per heavy atom. The molecule has 4 rings (SSSR count). The lowest BCUT2D eigenvalue weighted by atomic mass is 9.91. The van der Waals surface area contributed by atoms with Gasteiger partial charge in [0.2, 0.25) is 0 Å². The van der Waals surface area contributed by atoms with E-state index in [1.807, 2.05) is 6.92 Å². The third-order valence-corrected chi connectivity index (χ3v) is 7.21. The van der Waals surface area contributed by atoms with Crippen LogP contribution in [0, 0.1) is 12.7 Å². The number of carbonyl (C=O) groups is 1. The Labute approximate surface area is 188 Å². The SMILES string of the molecule is COCc1c(C(O)C=O)cc2n(c1=O)C/C(C)=C1/c3c(cc(F)c(C)c3SCC1N)/N=C/2. The maximum absolute atomic E-state index is 14.7. The smallest absolute Gasteiger partial charge is 0.257 e. The molecule has 3 heterocycles. The molecule has 2 aliphatic heterocycles. The number of rotatable bonds is 4. The number of aldehydes is 1. The van der Waals surface area contributed by atoms with Crippen molar-refractivity contribution in [3.63, 3.8) is 0 Å². The number of ether oxygens (including phenoxy) is 1. The summed E-state index contributed by atoms with van der Waals surface area (Å²) in [7, 11) is 1.44. The molecule has 32 heavy (non-hydrogen) atoms. The second-order valence-corrected chi connectivity index (χ2v) is 9.01. The van der Waals surface area contributed by atoms with E-state index in [1.54, 1.807) is 13.0 Å². The van der Waals surface area contributed by atoms with Crippen LogP contribution in [0.5, 0.6) is 0 Å². The molecule has 168 valence electrons. The van der Waals surface area contributed by atoms with E-state index in [4.69, 9.17) is 10.5 Å². The molecular formula is C23H24FN3O4S. The van der Waals surface area contributed by atoms with Crippen molar-refractivity contribution in [2.75, 3.05) is 12.9 Å². The number of carbonyl (C=O) groups excluding carboxylic acids is 1. The van der Waals surface area contributed by atoms with Gasteiger partial charge in [0, 0.05) is 53.1 Å². The van der Waals surface area contributed by atoms with Gasteiger partial charge < -0.3 is 24.9 Å². The molecule has 0 radical (unpaired) electrons. The van der Waals surface area contributed by atoms with E-state index in [0.29, 0.717) is 29.0 Å². The fourth-order valence-electron chi connectivity index (χ4n) is 4.31. The number of benzene rings is 1. The van der Waals surface area contributed by atoms with Gasteiger partial charge in [0.25, 0.3) is 5.56 Å². The van der Waals surface area contributed by atoms with Crippen LogP contribution in [0.4, 0.5) is 10.1 Å².